The Morgan fingerprint density at radius 2 is 0.737 bits per heavy atom. The topological polar surface area (TPSA) is 0 Å². The monoisotopic (exact) mass is 562 g/mol. The van der Waals surface area contributed by atoms with Gasteiger partial charge in [-0.25, -0.2) is 0 Å². The van der Waals surface area contributed by atoms with Gasteiger partial charge in [0.1, 0.15) is 0 Å². The first kappa shape index (κ1) is 26.7. The first-order valence-corrected chi connectivity index (χ1v) is 17.0. The van der Waals surface area contributed by atoms with E-state index in [1.807, 2.05) is 0 Å². The van der Waals surface area contributed by atoms with Crippen LogP contribution in [-0.4, -0.2) is 25.0 Å². The summed E-state index contributed by atoms with van der Waals surface area (Å²) in [4.78, 5) is 5.10. The molecule has 186 valence electrons. The molecule has 0 unspecified atom stereocenters. The van der Waals surface area contributed by atoms with Gasteiger partial charge in [-0.3, -0.25) is 0 Å². The summed E-state index contributed by atoms with van der Waals surface area (Å²) in [6, 6.07) is 30.0. The first-order valence-electron chi connectivity index (χ1n) is 12.1. The summed E-state index contributed by atoms with van der Waals surface area (Å²) in [5.41, 5.74) is 4.16. The molecule has 0 amide bonds. The number of benzene rings is 5. The van der Waals surface area contributed by atoms with Gasteiger partial charge in [0.15, 0.2) is 0 Å². The standard InChI is InChI=1S/C34H26S4/c1-35-31-19-15-23(21-33(31)37-3)13-17-29-25-9-5-7-11-27(25)30(28-12-8-6-10-26(28)29)18-14-24-16-20-32(36-2)34(22-24)38-4/h5-12,15-16,19-22H,1-4H3. The van der Waals surface area contributed by atoms with E-state index in [0.717, 1.165) is 43.8 Å². The molecule has 38 heavy (non-hydrogen) atoms. The second-order valence-corrected chi connectivity index (χ2v) is 11.9. The number of thioether (sulfide) groups is 4. The third kappa shape index (κ3) is 5.47. The van der Waals surface area contributed by atoms with Gasteiger partial charge in [-0.05, 0) is 83.0 Å². The van der Waals surface area contributed by atoms with E-state index < -0.39 is 0 Å². The lowest BCUT2D eigenvalue weighted by Crippen LogP contribution is -1.91. The third-order valence-electron chi connectivity index (χ3n) is 6.36. The van der Waals surface area contributed by atoms with Crippen LogP contribution in [0, 0.1) is 23.7 Å². The maximum atomic E-state index is 3.55. The number of fused-ring (bicyclic) bond motifs is 2. The molecule has 0 aliphatic heterocycles. The summed E-state index contributed by atoms with van der Waals surface area (Å²) in [7, 11) is 0. The lowest BCUT2D eigenvalue weighted by Gasteiger charge is -2.11. The number of rotatable bonds is 4. The Morgan fingerprint density at radius 3 is 1.05 bits per heavy atom. The van der Waals surface area contributed by atoms with Crippen LogP contribution >= 0.6 is 47.0 Å². The quantitative estimate of drug-likeness (QED) is 0.121. The molecule has 0 saturated heterocycles. The minimum absolute atomic E-state index is 1.03. The average Bonchev–Trinajstić information content (AvgIpc) is 2.98. The second-order valence-electron chi connectivity index (χ2n) is 8.48. The maximum Gasteiger partial charge on any atom is 0.0406 e. The highest BCUT2D eigenvalue weighted by Gasteiger charge is 2.11. The van der Waals surface area contributed by atoms with E-state index in [2.05, 4.69) is 134 Å². The zero-order valence-electron chi connectivity index (χ0n) is 21.7. The van der Waals surface area contributed by atoms with Crippen molar-refractivity contribution in [1.29, 1.82) is 0 Å². The fourth-order valence-corrected chi connectivity index (χ4v) is 7.45. The highest BCUT2D eigenvalue weighted by molar-refractivity contribution is 8.02. The Labute approximate surface area is 242 Å². The van der Waals surface area contributed by atoms with Gasteiger partial charge < -0.3 is 0 Å². The van der Waals surface area contributed by atoms with Gasteiger partial charge in [-0.15, -0.1) is 47.0 Å². The summed E-state index contributed by atoms with van der Waals surface area (Å²) >= 11 is 7.07. The lowest BCUT2D eigenvalue weighted by molar-refractivity contribution is 1.25. The largest absolute Gasteiger partial charge is 0.128 e. The molecule has 0 atom stereocenters. The maximum absolute atomic E-state index is 3.55. The van der Waals surface area contributed by atoms with E-state index in [9.17, 15) is 0 Å². The van der Waals surface area contributed by atoms with Crippen LogP contribution in [0.3, 0.4) is 0 Å². The summed E-state index contributed by atoms with van der Waals surface area (Å²) < 4.78 is 0. The molecule has 0 heterocycles. The van der Waals surface area contributed by atoms with Crippen molar-refractivity contribution < 1.29 is 0 Å². The first-order chi connectivity index (χ1) is 18.7. The predicted octanol–water partition coefficient (Wildman–Crippen LogP) is 9.68. The molecule has 0 saturated carbocycles. The highest BCUT2D eigenvalue weighted by atomic mass is 32.2. The van der Waals surface area contributed by atoms with E-state index >= 15 is 0 Å². The van der Waals surface area contributed by atoms with Crippen LogP contribution in [0.15, 0.2) is 105 Å². The van der Waals surface area contributed by atoms with Crippen LogP contribution in [0.1, 0.15) is 22.3 Å². The van der Waals surface area contributed by atoms with Gasteiger partial charge >= 0.3 is 0 Å². The SMILES string of the molecule is CSc1ccc(C#Cc2c3ccccc3c(C#Cc3ccc(SC)c(SC)c3)c3ccccc23)cc1SC. The van der Waals surface area contributed by atoms with Gasteiger partial charge in [0.25, 0.3) is 0 Å². The fourth-order valence-electron chi connectivity index (χ4n) is 4.50. The molecular weight excluding hydrogens is 537 g/mol. The van der Waals surface area contributed by atoms with E-state index in [-0.39, 0.29) is 0 Å². The van der Waals surface area contributed by atoms with Crippen molar-refractivity contribution >= 4 is 68.6 Å². The summed E-state index contributed by atoms with van der Waals surface area (Å²) in [6.07, 6.45) is 8.46. The predicted molar refractivity (Wildman–Crippen MR) is 173 cm³/mol. The summed E-state index contributed by atoms with van der Waals surface area (Å²) in [5.74, 6) is 14.0. The molecule has 0 spiro atoms. The van der Waals surface area contributed by atoms with E-state index in [1.165, 1.54) is 19.6 Å². The van der Waals surface area contributed by atoms with Crippen molar-refractivity contribution in [2.75, 3.05) is 25.0 Å². The van der Waals surface area contributed by atoms with Crippen LogP contribution in [-0.2, 0) is 0 Å². The molecule has 5 rings (SSSR count). The molecule has 0 N–H and O–H groups in total. The second kappa shape index (κ2) is 12.3. The highest BCUT2D eigenvalue weighted by Crippen LogP contribution is 2.33. The van der Waals surface area contributed by atoms with Gasteiger partial charge in [0.05, 0.1) is 0 Å². The fraction of sp³-hybridized carbons (Fsp3) is 0.118. The van der Waals surface area contributed by atoms with E-state index in [0.29, 0.717) is 0 Å². The number of hydrogen-bond donors (Lipinski definition) is 0. The Balaban J connectivity index is 1.69. The van der Waals surface area contributed by atoms with Gasteiger partial charge in [0, 0.05) is 41.8 Å². The average molecular weight is 563 g/mol. The molecule has 0 nitrogen and oxygen atoms in total. The van der Waals surface area contributed by atoms with E-state index in [1.54, 1.807) is 47.0 Å². The van der Waals surface area contributed by atoms with Gasteiger partial charge in [0.2, 0.25) is 0 Å². The van der Waals surface area contributed by atoms with Gasteiger partial charge in [-0.1, -0.05) is 72.2 Å². The molecule has 0 aliphatic rings. The molecule has 0 radical (unpaired) electrons. The molecule has 0 fully saturated rings. The molecular formula is C34H26S4. The smallest absolute Gasteiger partial charge is 0.0406 e. The lowest BCUT2D eigenvalue weighted by atomic mass is 9.92. The number of hydrogen-bond acceptors (Lipinski definition) is 4. The van der Waals surface area contributed by atoms with Crippen LogP contribution in [0.4, 0.5) is 0 Å². The molecule has 0 aliphatic carbocycles. The molecule has 4 heteroatoms. The Kier molecular flexibility index (Phi) is 8.68. The van der Waals surface area contributed by atoms with Crippen LogP contribution in [0.2, 0.25) is 0 Å². The Morgan fingerprint density at radius 1 is 0.395 bits per heavy atom. The summed E-state index contributed by atoms with van der Waals surface area (Å²) in [5, 5.41) is 4.54. The molecule has 0 aromatic heterocycles. The van der Waals surface area contributed by atoms with E-state index in [4.69, 9.17) is 0 Å². The third-order valence-corrected chi connectivity index (χ3v) is 9.77. The Bertz CT molecular complexity index is 1590. The minimum Gasteiger partial charge on any atom is -0.128 e. The molecule has 5 aromatic carbocycles. The normalized spacial score (nSPS) is 10.6. The van der Waals surface area contributed by atoms with Crippen molar-refractivity contribution in [3.05, 3.63) is 107 Å². The zero-order valence-corrected chi connectivity index (χ0v) is 25.0. The summed E-state index contributed by atoms with van der Waals surface area (Å²) in [6.45, 7) is 0. The van der Waals surface area contributed by atoms with Gasteiger partial charge in [-0.2, -0.15) is 0 Å². The minimum atomic E-state index is 1.03. The van der Waals surface area contributed by atoms with Crippen LogP contribution in [0.25, 0.3) is 21.5 Å². The van der Waals surface area contributed by atoms with Crippen molar-refractivity contribution in [3.8, 4) is 23.7 Å². The van der Waals surface area contributed by atoms with Crippen molar-refractivity contribution in [1.82, 2.24) is 0 Å². The van der Waals surface area contributed by atoms with Crippen molar-refractivity contribution in [3.63, 3.8) is 0 Å². The zero-order chi connectivity index (χ0) is 26.5. The van der Waals surface area contributed by atoms with Crippen LogP contribution in [0.5, 0.6) is 0 Å². The van der Waals surface area contributed by atoms with Crippen LogP contribution < -0.4 is 0 Å². The molecule has 5 aromatic rings. The van der Waals surface area contributed by atoms with Crippen molar-refractivity contribution in [2.45, 2.75) is 19.6 Å². The van der Waals surface area contributed by atoms with Crippen molar-refractivity contribution in [2.24, 2.45) is 0 Å². The molecule has 0 bridgehead atoms. The Hall–Kier alpha value is -2.86.